The Morgan fingerprint density at radius 1 is 1.15 bits per heavy atom. The number of ether oxygens (including phenoxy) is 2. The molecule has 144 valence electrons. The Labute approximate surface area is 159 Å². The number of carbonyl (C=O) groups excluding carboxylic acids is 1. The van der Waals surface area contributed by atoms with Crippen molar-refractivity contribution in [2.75, 3.05) is 37.5 Å². The number of nitrogens with zero attached hydrogens (tertiary/aromatic N) is 3. The molecule has 3 rings (SSSR count). The number of aromatic nitrogens is 2. The van der Waals surface area contributed by atoms with E-state index in [0.717, 1.165) is 31.6 Å². The van der Waals surface area contributed by atoms with Gasteiger partial charge in [0.05, 0.1) is 19.9 Å². The number of hydrogen-bond donors (Lipinski definition) is 1. The Balaban J connectivity index is 1.83. The van der Waals surface area contributed by atoms with Crippen molar-refractivity contribution in [3.05, 3.63) is 35.7 Å². The molecule has 1 aromatic carbocycles. The number of aryl methyl sites for hydroxylation is 1. The lowest BCUT2D eigenvalue weighted by molar-refractivity contribution is 0.102. The standard InChI is InChI=1S/C20H26N4O3/c1-13-7-9-24(10-8-13)20-21-14(2)11-17(23-20)19(25)22-16-12-15(26-3)5-6-18(16)27-4/h5-6,11-13H,7-10H2,1-4H3,(H,22,25). The van der Waals surface area contributed by atoms with Gasteiger partial charge in [0.2, 0.25) is 5.95 Å². The minimum atomic E-state index is -0.307. The topological polar surface area (TPSA) is 76.6 Å². The Kier molecular flexibility index (Phi) is 5.78. The molecular formula is C20H26N4O3. The molecule has 27 heavy (non-hydrogen) atoms. The lowest BCUT2D eigenvalue weighted by Gasteiger charge is -2.30. The van der Waals surface area contributed by atoms with Crippen LogP contribution in [0.25, 0.3) is 0 Å². The summed E-state index contributed by atoms with van der Waals surface area (Å²) in [4.78, 5) is 24.0. The second-order valence-corrected chi connectivity index (χ2v) is 6.88. The van der Waals surface area contributed by atoms with Gasteiger partial charge in [-0.2, -0.15) is 0 Å². The maximum absolute atomic E-state index is 12.8. The average Bonchev–Trinajstić information content (AvgIpc) is 2.68. The number of piperidine rings is 1. The highest BCUT2D eigenvalue weighted by Gasteiger charge is 2.20. The monoisotopic (exact) mass is 370 g/mol. The van der Waals surface area contributed by atoms with Crippen LogP contribution in [-0.4, -0.2) is 43.2 Å². The fourth-order valence-electron chi connectivity index (χ4n) is 3.12. The summed E-state index contributed by atoms with van der Waals surface area (Å²) in [5, 5.41) is 2.86. The van der Waals surface area contributed by atoms with E-state index < -0.39 is 0 Å². The molecular weight excluding hydrogens is 344 g/mol. The first kappa shape index (κ1) is 18.9. The van der Waals surface area contributed by atoms with Crippen LogP contribution in [0.2, 0.25) is 0 Å². The normalized spacial score (nSPS) is 14.7. The largest absolute Gasteiger partial charge is 0.497 e. The predicted octanol–water partition coefficient (Wildman–Crippen LogP) is 3.29. The number of carbonyl (C=O) groups is 1. The van der Waals surface area contributed by atoms with Gasteiger partial charge in [-0.15, -0.1) is 0 Å². The van der Waals surface area contributed by atoms with Gasteiger partial charge in [-0.3, -0.25) is 4.79 Å². The van der Waals surface area contributed by atoms with E-state index in [1.54, 1.807) is 38.5 Å². The van der Waals surface area contributed by atoms with E-state index in [2.05, 4.69) is 27.1 Å². The number of nitrogens with one attached hydrogen (secondary N) is 1. The van der Waals surface area contributed by atoms with E-state index in [1.807, 2.05) is 6.92 Å². The van der Waals surface area contributed by atoms with Crippen LogP contribution >= 0.6 is 0 Å². The highest BCUT2D eigenvalue weighted by atomic mass is 16.5. The van der Waals surface area contributed by atoms with Crippen molar-refractivity contribution >= 4 is 17.5 Å². The van der Waals surface area contributed by atoms with Crippen LogP contribution in [0.1, 0.15) is 35.9 Å². The lowest BCUT2D eigenvalue weighted by atomic mass is 10.00. The minimum absolute atomic E-state index is 0.307. The van der Waals surface area contributed by atoms with Gasteiger partial charge >= 0.3 is 0 Å². The van der Waals surface area contributed by atoms with E-state index in [9.17, 15) is 4.79 Å². The molecule has 7 heteroatoms. The smallest absolute Gasteiger partial charge is 0.274 e. The van der Waals surface area contributed by atoms with E-state index in [-0.39, 0.29) is 5.91 Å². The molecule has 0 aliphatic carbocycles. The Morgan fingerprint density at radius 2 is 1.89 bits per heavy atom. The zero-order valence-corrected chi connectivity index (χ0v) is 16.3. The fourth-order valence-corrected chi connectivity index (χ4v) is 3.12. The van der Waals surface area contributed by atoms with E-state index in [4.69, 9.17) is 9.47 Å². The molecule has 1 saturated heterocycles. The van der Waals surface area contributed by atoms with Crippen LogP contribution in [0.5, 0.6) is 11.5 Å². The molecule has 1 aliphatic rings. The van der Waals surface area contributed by atoms with Crippen molar-refractivity contribution in [1.29, 1.82) is 0 Å². The summed E-state index contributed by atoms with van der Waals surface area (Å²) in [5.74, 6) is 2.21. The van der Waals surface area contributed by atoms with Gasteiger partial charge in [0, 0.05) is 24.8 Å². The molecule has 0 spiro atoms. The number of hydrogen-bond acceptors (Lipinski definition) is 6. The zero-order chi connectivity index (χ0) is 19.4. The van der Waals surface area contributed by atoms with Gasteiger partial charge in [0.1, 0.15) is 17.2 Å². The average molecular weight is 370 g/mol. The van der Waals surface area contributed by atoms with Gasteiger partial charge in [0.25, 0.3) is 5.91 Å². The molecule has 2 aromatic rings. The molecule has 1 aromatic heterocycles. The molecule has 1 fully saturated rings. The molecule has 0 unspecified atom stereocenters. The summed E-state index contributed by atoms with van der Waals surface area (Å²) in [6, 6.07) is 6.94. The molecule has 1 aliphatic heterocycles. The quantitative estimate of drug-likeness (QED) is 0.870. The summed E-state index contributed by atoms with van der Waals surface area (Å²) in [5.41, 5.74) is 1.63. The first-order chi connectivity index (χ1) is 13.0. The third kappa shape index (κ3) is 4.48. The van der Waals surface area contributed by atoms with Gasteiger partial charge < -0.3 is 19.7 Å². The van der Waals surface area contributed by atoms with Crippen molar-refractivity contribution in [2.24, 2.45) is 5.92 Å². The first-order valence-corrected chi connectivity index (χ1v) is 9.14. The number of rotatable bonds is 5. The van der Waals surface area contributed by atoms with Gasteiger partial charge in [-0.1, -0.05) is 6.92 Å². The number of anilines is 2. The minimum Gasteiger partial charge on any atom is -0.497 e. The summed E-state index contributed by atoms with van der Waals surface area (Å²) >= 11 is 0. The fraction of sp³-hybridized carbons (Fsp3) is 0.450. The predicted molar refractivity (Wildman–Crippen MR) is 105 cm³/mol. The summed E-state index contributed by atoms with van der Waals surface area (Å²) in [6.45, 7) is 5.96. The number of amides is 1. The summed E-state index contributed by atoms with van der Waals surface area (Å²) in [6.07, 6.45) is 2.22. The summed E-state index contributed by atoms with van der Waals surface area (Å²) < 4.78 is 10.6. The van der Waals surface area contributed by atoms with Crippen LogP contribution in [-0.2, 0) is 0 Å². The van der Waals surface area contributed by atoms with Gasteiger partial charge in [0.15, 0.2) is 0 Å². The molecule has 0 saturated carbocycles. The van der Waals surface area contributed by atoms with Crippen molar-refractivity contribution in [2.45, 2.75) is 26.7 Å². The van der Waals surface area contributed by atoms with E-state index in [0.29, 0.717) is 34.7 Å². The third-order valence-corrected chi connectivity index (χ3v) is 4.80. The highest BCUT2D eigenvalue weighted by Crippen LogP contribution is 2.29. The first-order valence-electron chi connectivity index (χ1n) is 9.14. The van der Waals surface area contributed by atoms with E-state index >= 15 is 0 Å². The molecule has 1 amide bonds. The maximum atomic E-state index is 12.8. The molecule has 0 radical (unpaired) electrons. The molecule has 0 atom stereocenters. The van der Waals surface area contributed by atoms with Crippen molar-refractivity contribution in [1.82, 2.24) is 9.97 Å². The van der Waals surface area contributed by atoms with Crippen LogP contribution in [0.3, 0.4) is 0 Å². The lowest BCUT2D eigenvalue weighted by Crippen LogP contribution is -2.34. The Hall–Kier alpha value is -2.83. The molecule has 0 bridgehead atoms. The second kappa shape index (κ2) is 8.24. The van der Waals surface area contributed by atoms with Crippen LogP contribution in [0, 0.1) is 12.8 Å². The molecule has 2 heterocycles. The molecule has 7 nitrogen and oxygen atoms in total. The van der Waals surface area contributed by atoms with E-state index in [1.165, 1.54) is 0 Å². The maximum Gasteiger partial charge on any atom is 0.274 e. The number of benzene rings is 1. The van der Waals surface area contributed by atoms with Gasteiger partial charge in [-0.25, -0.2) is 9.97 Å². The SMILES string of the molecule is COc1ccc(OC)c(NC(=O)c2cc(C)nc(N3CCC(C)CC3)n2)c1. The Morgan fingerprint density at radius 3 is 2.56 bits per heavy atom. The molecule has 1 N–H and O–H groups in total. The number of methoxy groups -OCH3 is 2. The summed E-state index contributed by atoms with van der Waals surface area (Å²) in [7, 11) is 3.13. The van der Waals surface area contributed by atoms with Crippen LogP contribution < -0.4 is 19.7 Å². The van der Waals surface area contributed by atoms with Crippen molar-refractivity contribution in [3.8, 4) is 11.5 Å². The highest BCUT2D eigenvalue weighted by molar-refractivity contribution is 6.04. The van der Waals surface area contributed by atoms with Crippen molar-refractivity contribution < 1.29 is 14.3 Å². The van der Waals surface area contributed by atoms with Gasteiger partial charge in [-0.05, 0) is 43.9 Å². The van der Waals surface area contributed by atoms with Crippen LogP contribution in [0.4, 0.5) is 11.6 Å². The van der Waals surface area contributed by atoms with Crippen molar-refractivity contribution in [3.63, 3.8) is 0 Å². The third-order valence-electron chi connectivity index (χ3n) is 4.80. The Bertz CT molecular complexity index is 817. The van der Waals surface area contributed by atoms with Crippen LogP contribution in [0.15, 0.2) is 24.3 Å². The zero-order valence-electron chi connectivity index (χ0n) is 16.3. The second-order valence-electron chi connectivity index (χ2n) is 6.88.